The summed E-state index contributed by atoms with van der Waals surface area (Å²) >= 11 is 0. The van der Waals surface area contributed by atoms with Crippen LogP contribution in [0.4, 0.5) is 0 Å². The minimum atomic E-state index is -4.31. The lowest BCUT2D eigenvalue weighted by Crippen LogP contribution is -2.38. The molecule has 0 rings (SSSR count). The summed E-state index contributed by atoms with van der Waals surface area (Å²) in [6, 6.07) is -0.481. The number of ether oxygens (including phenoxy) is 1. The Bertz CT molecular complexity index is 488. The summed E-state index contributed by atoms with van der Waals surface area (Å²) in [5.74, 6) is 0. The third-order valence-electron chi connectivity index (χ3n) is 5.93. The van der Waals surface area contributed by atoms with Crippen molar-refractivity contribution in [2.24, 2.45) is 5.73 Å². The van der Waals surface area contributed by atoms with Crippen LogP contribution in [0.2, 0.25) is 0 Å². The number of nitrogens with two attached hydrogens (primary N) is 1. The molecule has 1 unspecified atom stereocenters. The summed E-state index contributed by atoms with van der Waals surface area (Å²) in [5, 5.41) is 0. The minimum Gasteiger partial charge on any atom is -0.756 e. The second kappa shape index (κ2) is 22.2. The molecule has 0 saturated heterocycles. The molecule has 0 saturated carbocycles. The summed E-state index contributed by atoms with van der Waals surface area (Å²) in [4.78, 5) is 11.7. The summed E-state index contributed by atoms with van der Waals surface area (Å²) in [6.45, 7) is 3.76. The third-order valence-corrected chi connectivity index (χ3v) is 6.90. The van der Waals surface area contributed by atoms with Gasteiger partial charge in [0, 0.05) is 6.61 Å². The number of unbranched alkanes of at least 4 members (excludes halogenated alkanes) is 15. The van der Waals surface area contributed by atoms with Gasteiger partial charge in [-0.15, -0.1) is 0 Å². The predicted octanol–water partition coefficient (Wildman–Crippen LogP) is 5.80. The van der Waals surface area contributed by atoms with Crippen LogP contribution in [0, 0.1) is 0 Å². The standard InChI is InChI=1S/C26H57N2O5P/c1-5-6-7-8-9-10-11-12-13-14-15-16-17-18-19-20-22-31-24-26(27)25-33-34(29,30)32-23-21-28(2,3)4/h26H,5-25,27H2,1-4H3/t26-/m1/s1. The maximum absolute atomic E-state index is 11.7. The van der Waals surface area contributed by atoms with Crippen molar-refractivity contribution >= 4 is 7.82 Å². The first kappa shape index (κ1) is 34.0. The highest BCUT2D eigenvalue weighted by Crippen LogP contribution is 2.38. The van der Waals surface area contributed by atoms with Crippen molar-refractivity contribution in [3.05, 3.63) is 0 Å². The fourth-order valence-electron chi connectivity index (χ4n) is 3.69. The summed E-state index contributed by atoms with van der Waals surface area (Å²) in [6.07, 6.45) is 21.5. The van der Waals surface area contributed by atoms with Crippen LogP contribution in [0.1, 0.15) is 110 Å². The number of phosphoric acid groups is 1. The first-order valence-corrected chi connectivity index (χ1v) is 15.4. The van der Waals surface area contributed by atoms with Crippen molar-refractivity contribution in [2.45, 2.75) is 116 Å². The van der Waals surface area contributed by atoms with Crippen LogP contribution in [0.5, 0.6) is 0 Å². The van der Waals surface area contributed by atoms with Gasteiger partial charge in [-0.05, 0) is 6.42 Å². The monoisotopic (exact) mass is 508 g/mol. The Hall–Kier alpha value is -0.0100. The minimum absolute atomic E-state index is 0.0925. The Morgan fingerprint density at radius 1 is 0.706 bits per heavy atom. The van der Waals surface area contributed by atoms with E-state index in [4.69, 9.17) is 19.5 Å². The Morgan fingerprint density at radius 3 is 1.59 bits per heavy atom. The molecule has 0 aliphatic heterocycles. The van der Waals surface area contributed by atoms with Crippen molar-refractivity contribution < 1.29 is 27.7 Å². The highest BCUT2D eigenvalue weighted by molar-refractivity contribution is 7.45. The van der Waals surface area contributed by atoms with Gasteiger partial charge in [-0.1, -0.05) is 103 Å². The molecule has 2 N–H and O–H groups in total. The number of rotatable bonds is 26. The fraction of sp³-hybridized carbons (Fsp3) is 1.00. The van der Waals surface area contributed by atoms with Crippen molar-refractivity contribution in [3.63, 3.8) is 0 Å². The summed E-state index contributed by atoms with van der Waals surface area (Å²) in [5.41, 5.74) is 5.88. The van der Waals surface area contributed by atoms with E-state index in [2.05, 4.69) is 6.92 Å². The molecule has 0 aromatic heterocycles. The van der Waals surface area contributed by atoms with E-state index < -0.39 is 13.9 Å². The fourth-order valence-corrected chi connectivity index (χ4v) is 4.44. The van der Waals surface area contributed by atoms with E-state index in [1.165, 1.54) is 96.3 Å². The van der Waals surface area contributed by atoms with E-state index in [9.17, 15) is 9.46 Å². The van der Waals surface area contributed by atoms with Gasteiger partial charge in [-0.25, -0.2) is 0 Å². The van der Waals surface area contributed by atoms with Crippen molar-refractivity contribution in [1.82, 2.24) is 0 Å². The molecule has 34 heavy (non-hydrogen) atoms. The SMILES string of the molecule is CCCCCCCCCCCCCCCCCCOC[C@@H](N)COP(=O)([O-])OCC[N+](C)(C)C. The number of likely N-dealkylation sites (N-methyl/N-ethyl adjacent to an activating group) is 1. The smallest absolute Gasteiger partial charge is 0.268 e. The van der Waals surface area contributed by atoms with Crippen LogP contribution < -0.4 is 10.6 Å². The quantitative estimate of drug-likeness (QED) is 0.0901. The predicted molar refractivity (Wildman–Crippen MR) is 141 cm³/mol. The first-order valence-electron chi connectivity index (χ1n) is 13.9. The maximum Gasteiger partial charge on any atom is 0.268 e. The van der Waals surface area contributed by atoms with E-state index in [1.54, 1.807) is 0 Å². The van der Waals surface area contributed by atoms with Gasteiger partial charge in [0.2, 0.25) is 0 Å². The lowest BCUT2D eigenvalue weighted by molar-refractivity contribution is -0.870. The van der Waals surface area contributed by atoms with Crippen LogP contribution in [0.15, 0.2) is 0 Å². The normalized spacial score (nSPS) is 14.9. The second-order valence-electron chi connectivity index (χ2n) is 10.7. The molecule has 0 amide bonds. The van der Waals surface area contributed by atoms with Crippen molar-refractivity contribution in [3.8, 4) is 0 Å². The summed E-state index contributed by atoms with van der Waals surface area (Å²) < 4.78 is 27.6. The Morgan fingerprint density at radius 2 is 1.15 bits per heavy atom. The van der Waals surface area contributed by atoms with E-state index in [1.807, 2.05) is 21.1 Å². The molecule has 0 radical (unpaired) electrons. The average molecular weight is 509 g/mol. The van der Waals surface area contributed by atoms with Crippen LogP contribution in [0.3, 0.4) is 0 Å². The highest BCUT2D eigenvalue weighted by Gasteiger charge is 2.15. The van der Waals surface area contributed by atoms with Crippen molar-refractivity contribution in [2.75, 3.05) is 54.1 Å². The average Bonchev–Trinajstić information content (AvgIpc) is 2.76. The molecule has 0 spiro atoms. The lowest BCUT2D eigenvalue weighted by atomic mass is 10.0. The molecule has 0 fully saturated rings. The zero-order valence-electron chi connectivity index (χ0n) is 22.9. The topological polar surface area (TPSA) is 93.8 Å². The molecule has 2 atom stereocenters. The molecule has 0 aromatic carbocycles. The van der Waals surface area contributed by atoms with Gasteiger partial charge in [-0.3, -0.25) is 4.57 Å². The number of phosphoric ester groups is 1. The Kier molecular flexibility index (Phi) is 22.2. The first-order chi connectivity index (χ1) is 16.2. The molecule has 8 heteroatoms. The molecular weight excluding hydrogens is 451 g/mol. The van der Waals surface area contributed by atoms with Crippen LogP contribution in [-0.2, 0) is 18.3 Å². The van der Waals surface area contributed by atoms with E-state index in [0.717, 1.165) is 6.42 Å². The van der Waals surface area contributed by atoms with Gasteiger partial charge in [0.1, 0.15) is 13.2 Å². The van der Waals surface area contributed by atoms with Gasteiger partial charge >= 0.3 is 0 Å². The molecule has 206 valence electrons. The Balaban J connectivity index is 3.37. The molecule has 7 nitrogen and oxygen atoms in total. The number of nitrogens with zero attached hydrogens (tertiary/aromatic N) is 1. The largest absolute Gasteiger partial charge is 0.756 e. The zero-order valence-corrected chi connectivity index (χ0v) is 23.8. The third kappa shape index (κ3) is 26.6. The van der Waals surface area contributed by atoms with Gasteiger partial charge in [0.15, 0.2) is 0 Å². The number of hydrogen-bond donors (Lipinski definition) is 1. The molecular formula is C26H57N2O5P. The molecule has 0 aliphatic carbocycles. The summed E-state index contributed by atoms with van der Waals surface area (Å²) in [7, 11) is 1.59. The van der Waals surface area contributed by atoms with Crippen LogP contribution in [0.25, 0.3) is 0 Å². The van der Waals surface area contributed by atoms with E-state index in [0.29, 0.717) is 17.6 Å². The Labute approximate surface area is 211 Å². The van der Waals surface area contributed by atoms with Crippen molar-refractivity contribution in [1.29, 1.82) is 0 Å². The van der Waals surface area contributed by atoms with E-state index in [-0.39, 0.29) is 19.8 Å². The maximum atomic E-state index is 11.7. The highest BCUT2D eigenvalue weighted by atomic mass is 31.2. The van der Waals surface area contributed by atoms with Gasteiger partial charge in [-0.2, -0.15) is 0 Å². The molecule has 0 bridgehead atoms. The molecule has 0 aliphatic rings. The second-order valence-corrected chi connectivity index (χ2v) is 12.1. The van der Waals surface area contributed by atoms with E-state index >= 15 is 0 Å². The zero-order chi connectivity index (χ0) is 25.5. The van der Waals surface area contributed by atoms with Gasteiger partial charge in [0.05, 0.1) is 40.4 Å². The lowest BCUT2D eigenvalue weighted by Gasteiger charge is -2.27. The van der Waals surface area contributed by atoms with Gasteiger partial charge in [0.25, 0.3) is 7.82 Å². The molecule has 0 aromatic rings. The van der Waals surface area contributed by atoms with Crippen LogP contribution >= 0.6 is 7.82 Å². The van der Waals surface area contributed by atoms with Gasteiger partial charge < -0.3 is 28.9 Å². The number of quaternary nitrogens is 1. The molecule has 0 heterocycles. The number of hydrogen-bond acceptors (Lipinski definition) is 6. The van der Waals surface area contributed by atoms with Crippen LogP contribution in [-0.4, -0.2) is 64.6 Å².